The lowest BCUT2D eigenvalue weighted by atomic mass is 9.98. The van der Waals surface area contributed by atoms with E-state index in [0.29, 0.717) is 18.8 Å². The molecule has 1 saturated heterocycles. The van der Waals surface area contributed by atoms with Crippen LogP contribution in [-0.2, 0) is 0 Å². The molecule has 1 aliphatic rings. The number of ether oxygens (including phenoxy) is 1. The first-order valence-corrected chi connectivity index (χ1v) is 9.29. The van der Waals surface area contributed by atoms with E-state index in [1.807, 2.05) is 6.92 Å². The maximum absolute atomic E-state index is 14.5. The summed E-state index contributed by atoms with van der Waals surface area (Å²) < 4.78 is 33.5. The van der Waals surface area contributed by atoms with E-state index in [-0.39, 0.29) is 29.3 Å². The third-order valence-corrected chi connectivity index (χ3v) is 4.99. The lowest BCUT2D eigenvalue weighted by molar-refractivity contribution is 0.0265. The van der Waals surface area contributed by atoms with Gasteiger partial charge in [0.25, 0.3) is 5.91 Å². The number of para-hydroxylation sites is 1. The number of amides is 1. The number of halogens is 2. The summed E-state index contributed by atoms with van der Waals surface area (Å²) in [7, 11) is 0. The van der Waals surface area contributed by atoms with E-state index < -0.39 is 11.6 Å². The molecule has 150 valence electrons. The van der Waals surface area contributed by atoms with Crippen molar-refractivity contribution in [3.05, 3.63) is 66.1 Å². The van der Waals surface area contributed by atoms with E-state index >= 15 is 0 Å². The number of nitrogens with zero attached hydrogens (tertiary/aromatic N) is 5. The van der Waals surface area contributed by atoms with Gasteiger partial charge in [0.1, 0.15) is 17.6 Å². The van der Waals surface area contributed by atoms with Crippen LogP contribution >= 0.6 is 0 Å². The Hall–Kier alpha value is -3.36. The van der Waals surface area contributed by atoms with Crippen molar-refractivity contribution in [1.29, 1.82) is 0 Å². The molecule has 29 heavy (non-hydrogen) atoms. The van der Waals surface area contributed by atoms with Gasteiger partial charge >= 0.3 is 0 Å². The highest BCUT2D eigenvalue weighted by atomic mass is 19.1. The van der Waals surface area contributed by atoms with Gasteiger partial charge in [0.15, 0.2) is 5.82 Å². The van der Waals surface area contributed by atoms with Gasteiger partial charge in [-0.15, -0.1) is 4.80 Å². The number of carbonyl (C=O) groups excluding carboxylic acids is 1. The van der Waals surface area contributed by atoms with E-state index in [1.54, 1.807) is 11.0 Å². The van der Waals surface area contributed by atoms with Crippen molar-refractivity contribution in [2.75, 3.05) is 6.54 Å². The second kappa shape index (κ2) is 7.94. The summed E-state index contributed by atoms with van der Waals surface area (Å²) in [6.07, 6.45) is 5.05. The number of likely N-dealkylation sites (tertiary alicyclic amines) is 1. The molecule has 0 N–H and O–H groups in total. The van der Waals surface area contributed by atoms with E-state index in [2.05, 4.69) is 15.2 Å². The first-order chi connectivity index (χ1) is 14.0. The molecule has 0 spiro atoms. The molecule has 1 aliphatic heterocycles. The Morgan fingerprint density at radius 3 is 2.69 bits per heavy atom. The number of hydrogen-bond acceptors (Lipinski definition) is 5. The monoisotopic (exact) mass is 399 g/mol. The van der Waals surface area contributed by atoms with Crippen LogP contribution in [0.25, 0.3) is 5.69 Å². The van der Waals surface area contributed by atoms with Crippen LogP contribution in [0.15, 0.2) is 48.9 Å². The third-order valence-electron chi connectivity index (χ3n) is 4.99. The SMILES string of the molecule is CC1C(Oc2ccc(F)cn2)CCCN1C(=O)c1cccc(F)c1-n1nccn1. The van der Waals surface area contributed by atoms with Gasteiger partial charge in [0.05, 0.1) is 30.2 Å². The largest absolute Gasteiger partial charge is 0.472 e. The number of carbonyl (C=O) groups is 1. The molecular weight excluding hydrogens is 380 g/mol. The van der Waals surface area contributed by atoms with Crippen LogP contribution in [0, 0.1) is 11.6 Å². The standard InChI is InChI=1S/C20H19F2N5O2/c1-13-17(29-18-8-7-14(21)12-23-18)6-3-11-26(13)20(28)15-4-2-5-16(22)19(15)27-24-9-10-25-27/h2,4-5,7-10,12-13,17H,3,6,11H2,1H3. The normalized spacial score (nSPS) is 19.2. The molecule has 9 heteroatoms. The van der Waals surface area contributed by atoms with Gasteiger partial charge in [-0.1, -0.05) is 6.07 Å². The van der Waals surface area contributed by atoms with Gasteiger partial charge in [0, 0.05) is 12.6 Å². The smallest absolute Gasteiger partial charge is 0.256 e. The molecule has 0 aliphatic carbocycles. The van der Waals surface area contributed by atoms with Gasteiger partial charge in [-0.2, -0.15) is 10.2 Å². The summed E-state index contributed by atoms with van der Waals surface area (Å²) in [6.45, 7) is 2.38. The average Bonchev–Trinajstić information content (AvgIpc) is 3.25. The first kappa shape index (κ1) is 19.0. The molecule has 1 amide bonds. The summed E-state index contributed by atoms with van der Waals surface area (Å²) in [5.74, 6) is -1.06. The molecule has 3 heterocycles. The van der Waals surface area contributed by atoms with Crippen LogP contribution in [0.2, 0.25) is 0 Å². The molecule has 0 bridgehead atoms. The van der Waals surface area contributed by atoms with Gasteiger partial charge in [-0.25, -0.2) is 13.8 Å². The van der Waals surface area contributed by atoms with Crippen LogP contribution in [0.4, 0.5) is 8.78 Å². The van der Waals surface area contributed by atoms with Crippen molar-refractivity contribution in [2.24, 2.45) is 0 Å². The van der Waals surface area contributed by atoms with Crippen molar-refractivity contribution < 1.29 is 18.3 Å². The fourth-order valence-corrected chi connectivity index (χ4v) is 3.52. The fourth-order valence-electron chi connectivity index (χ4n) is 3.52. The second-order valence-corrected chi connectivity index (χ2v) is 6.81. The molecule has 3 aromatic rings. The minimum Gasteiger partial charge on any atom is -0.472 e. The topological polar surface area (TPSA) is 73.1 Å². The van der Waals surface area contributed by atoms with Gasteiger partial charge in [-0.05, 0) is 38.0 Å². The summed E-state index contributed by atoms with van der Waals surface area (Å²) in [5, 5.41) is 7.93. The first-order valence-electron chi connectivity index (χ1n) is 9.29. The maximum Gasteiger partial charge on any atom is 0.256 e. The maximum atomic E-state index is 14.5. The quantitative estimate of drug-likeness (QED) is 0.674. The number of piperidine rings is 1. The Morgan fingerprint density at radius 2 is 1.97 bits per heavy atom. The molecular formula is C20H19F2N5O2. The Balaban J connectivity index is 1.59. The number of pyridine rings is 1. The van der Waals surface area contributed by atoms with Crippen molar-refractivity contribution in [2.45, 2.75) is 31.9 Å². The summed E-state index contributed by atoms with van der Waals surface area (Å²) in [4.78, 5) is 20.0. The summed E-state index contributed by atoms with van der Waals surface area (Å²) >= 11 is 0. The molecule has 2 unspecified atom stereocenters. The molecule has 1 aromatic carbocycles. The van der Waals surface area contributed by atoms with Gasteiger partial charge in [-0.3, -0.25) is 4.79 Å². The van der Waals surface area contributed by atoms with Crippen LogP contribution < -0.4 is 4.74 Å². The lowest BCUT2D eigenvalue weighted by Crippen LogP contribution is -2.51. The van der Waals surface area contributed by atoms with Crippen LogP contribution in [-0.4, -0.2) is 49.5 Å². The molecule has 7 nitrogen and oxygen atoms in total. The Bertz CT molecular complexity index is 995. The van der Waals surface area contributed by atoms with Crippen molar-refractivity contribution >= 4 is 5.91 Å². The summed E-state index contributed by atoms with van der Waals surface area (Å²) in [5.41, 5.74) is 0.187. The predicted molar refractivity (Wildman–Crippen MR) is 99.7 cm³/mol. The highest BCUT2D eigenvalue weighted by Crippen LogP contribution is 2.26. The fraction of sp³-hybridized carbons (Fsp3) is 0.300. The van der Waals surface area contributed by atoms with Gasteiger partial charge in [0.2, 0.25) is 5.88 Å². The number of benzene rings is 1. The lowest BCUT2D eigenvalue weighted by Gasteiger charge is -2.39. The highest BCUT2D eigenvalue weighted by Gasteiger charge is 2.34. The Morgan fingerprint density at radius 1 is 1.17 bits per heavy atom. The zero-order chi connectivity index (χ0) is 20.4. The zero-order valence-electron chi connectivity index (χ0n) is 15.7. The number of aromatic nitrogens is 4. The highest BCUT2D eigenvalue weighted by molar-refractivity contribution is 5.98. The Labute approximate surface area is 165 Å². The number of rotatable bonds is 4. The summed E-state index contributed by atoms with van der Waals surface area (Å²) in [6, 6.07) is 6.75. The minimum atomic E-state index is -0.583. The third kappa shape index (κ3) is 3.80. The minimum absolute atomic E-state index is 0.0120. The number of hydrogen-bond donors (Lipinski definition) is 0. The predicted octanol–water partition coefficient (Wildman–Crippen LogP) is 3.01. The van der Waals surface area contributed by atoms with Crippen molar-refractivity contribution in [1.82, 2.24) is 24.9 Å². The molecule has 1 fully saturated rings. The van der Waals surface area contributed by atoms with E-state index in [0.717, 1.165) is 17.4 Å². The molecule has 4 rings (SSSR count). The van der Waals surface area contributed by atoms with Crippen molar-refractivity contribution in [3.63, 3.8) is 0 Å². The molecule has 0 radical (unpaired) electrons. The second-order valence-electron chi connectivity index (χ2n) is 6.81. The molecule has 2 atom stereocenters. The van der Waals surface area contributed by atoms with E-state index in [1.165, 1.54) is 36.7 Å². The van der Waals surface area contributed by atoms with Crippen LogP contribution in [0.5, 0.6) is 5.88 Å². The van der Waals surface area contributed by atoms with Crippen LogP contribution in [0.1, 0.15) is 30.1 Å². The van der Waals surface area contributed by atoms with Crippen molar-refractivity contribution in [3.8, 4) is 11.6 Å². The molecule has 2 aromatic heterocycles. The van der Waals surface area contributed by atoms with Crippen LogP contribution in [0.3, 0.4) is 0 Å². The van der Waals surface area contributed by atoms with Gasteiger partial charge < -0.3 is 9.64 Å². The molecule has 0 saturated carbocycles. The van der Waals surface area contributed by atoms with E-state index in [9.17, 15) is 13.6 Å². The zero-order valence-corrected chi connectivity index (χ0v) is 15.7. The Kier molecular flexibility index (Phi) is 5.20. The average molecular weight is 399 g/mol. The van der Waals surface area contributed by atoms with E-state index in [4.69, 9.17) is 4.74 Å².